The summed E-state index contributed by atoms with van der Waals surface area (Å²) in [5.74, 6) is -9.04. The molecule has 0 spiro atoms. The number of unbranched alkanes of at least 4 members (excludes halogenated alkanes) is 3. The van der Waals surface area contributed by atoms with E-state index in [1.165, 1.54) is 27.7 Å². The molecule has 0 bridgehead atoms. The van der Waals surface area contributed by atoms with E-state index in [1.807, 2.05) is 20.8 Å². The van der Waals surface area contributed by atoms with E-state index in [-0.39, 0.29) is 18.3 Å². The Hall–Kier alpha value is -3.76. The molecule has 2 saturated heterocycles. The Morgan fingerprint density at radius 3 is 2.12 bits per heavy atom. The van der Waals surface area contributed by atoms with E-state index in [1.54, 1.807) is 13.0 Å². The van der Waals surface area contributed by atoms with E-state index in [0.717, 1.165) is 6.42 Å². The van der Waals surface area contributed by atoms with Gasteiger partial charge in [-0.15, -0.1) is 0 Å². The Labute approximate surface area is 337 Å². The number of allylic oxidation sites excluding steroid dienone is 1. The minimum absolute atomic E-state index is 0.0319. The monoisotopic (exact) mass is 815 g/mol. The Bertz CT molecular complexity index is 1810. The van der Waals surface area contributed by atoms with E-state index in [0.29, 0.717) is 32.2 Å². The first-order chi connectivity index (χ1) is 27.2. The van der Waals surface area contributed by atoms with Crippen LogP contribution in [0, 0.1) is 57.7 Å². The zero-order valence-corrected chi connectivity index (χ0v) is 34.4. The summed E-state index contributed by atoms with van der Waals surface area (Å²) in [5, 5.41) is 41.5. The number of epoxide rings is 1. The number of rotatable bonds is 11. The van der Waals surface area contributed by atoms with Crippen molar-refractivity contribution < 1.29 is 67.7 Å². The van der Waals surface area contributed by atoms with Gasteiger partial charge in [0.1, 0.15) is 36.3 Å². The van der Waals surface area contributed by atoms with Crippen molar-refractivity contribution in [3.8, 4) is 0 Å². The third kappa shape index (κ3) is 6.08. The molecule has 17 nitrogen and oxygen atoms in total. The number of azide groups is 1. The predicted octanol–water partition coefficient (Wildman–Crippen LogP) is 3.45. The highest BCUT2D eigenvalue weighted by molar-refractivity contribution is 5.85. The van der Waals surface area contributed by atoms with Gasteiger partial charge < -0.3 is 43.7 Å². The Kier molecular flexibility index (Phi) is 10.8. The van der Waals surface area contributed by atoms with Crippen molar-refractivity contribution in [3.63, 3.8) is 0 Å². The smallest absolute Gasteiger partial charge is 0.343 e. The Morgan fingerprint density at radius 2 is 1.48 bits per heavy atom. The number of carbonyl (C=O) groups is 5. The second-order valence-electron chi connectivity index (χ2n) is 18.6. The van der Waals surface area contributed by atoms with Crippen LogP contribution in [0.3, 0.4) is 0 Å². The first-order valence-corrected chi connectivity index (χ1v) is 20.6. The number of hydrogen-bond donors (Lipinski definition) is 3. The molecule has 58 heavy (non-hydrogen) atoms. The molecule has 3 N–H and O–H groups in total. The summed E-state index contributed by atoms with van der Waals surface area (Å²) in [6.07, 6.45) is -3.94. The van der Waals surface area contributed by atoms with E-state index >= 15 is 0 Å². The van der Waals surface area contributed by atoms with Crippen LogP contribution in [0.25, 0.3) is 10.4 Å². The van der Waals surface area contributed by atoms with Crippen LogP contribution in [0.4, 0.5) is 0 Å². The third-order valence-corrected chi connectivity index (χ3v) is 15.7. The van der Waals surface area contributed by atoms with Crippen LogP contribution in [0.2, 0.25) is 0 Å². The van der Waals surface area contributed by atoms with Crippen LogP contribution >= 0.6 is 0 Å². The third-order valence-electron chi connectivity index (χ3n) is 15.7. The second-order valence-corrected chi connectivity index (χ2v) is 18.6. The fourth-order valence-corrected chi connectivity index (χ4v) is 13.4. The summed E-state index contributed by atoms with van der Waals surface area (Å²) in [6, 6.07) is 0. The molecule has 0 amide bonds. The molecule has 320 valence electrons. The van der Waals surface area contributed by atoms with Gasteiger partial charge in [-0.3, -0.25) is 19.2 Å². The molecule has 0 radical (unpaired) electrons. The molecule has 7 rings (SSSR count). The van der Waals surface area contributed by atoms with Gasteiger partial charge in [-0.2, -0.15) is 0 Å². The van der Waals surface area contributed by atoms with Gasteiger partial charge in [0.2, 0.25) is 0 Å². The highest BCUT2D eigenvalue weighted by atomic mass is 16.6. The van der Waals surface area contributed by atoms with Crippen molar-refractivity contribution in [2.45, 2.75) is 148 Å². The van der Waals surface area contributed by atoms with E-state index in [4.69, 9.17) is 34.0 Å². The van der Waals surface area contributed by atoms with Crippen molar-refractivity contribution in [3.05, 3.63) is 22.3 Å². The second kappa shape index (κ2) is 14.8. The molecule has 0 unspecified atom stereocenters. The van der Waals surface area contributed by atoms with Gasteiger partial charge in [-0.05, 0) is 56.6 Å². The van der Waals surface area contributed by atoms with Crippen LogP contribution in [0.5, 0.6) is 0 Å². The highest BCUT2D eigenvalue weighted by Gasteiger charge is 2.83. The van der Waals surface area contributed by atoms with Gasteiger partial charge in [0.15, 0.2) is 5.60 Å². The maximum atomic E-state index is 13.8. The quantitative estimate of drug-likeness (QED) is 0.0514. The van der Waals surface area contributed by atoms with Crippen LogP contribution in [0.15, 0.2) is 16.9 Å². The lowest BCUT2D eigenvalue weighted by Crippen LogP contribution is -2.75. The largest absolute Gasteiger partial charge is 0.459 e. The summed E-state index contributed by atoms with van der Waals surface area (Å²) in [5.41, 5.74) is 2.39. The zero-order valence-electron chi connectivity index (χ0n) is 34.4. The molecule has 2 aliphatic heterocycles. The molecule has 0 aromatic heterocycles. The molecule has 17 heteroatoms. The first-order valence-electron chi connectivity index (χ1n) is 20.6. The summed E-state index contributed by atoms with van der Waals surface area (Å²) >= 11 is 0. The molecule has 19 atom stereocenters. The normalized spacial score (nSPS) is 47.8. The molecule has 7 aliphatic rings. The minimum Gasteiger partial charge on any atom is -0.459 e. The van der Waals surface area contributed by atoms with Crippen LogP contribution in [-0.2, 0) is 52.4 Å². The summed E-state index contributed by atoms with van der Waals surface area (Å²) in [6.45, 7) is 12.6. The molecule has 0 aromatic rings. The van der Waals surface area contributed by atoms with Gasteiger partial charge in [-0.25, -0.2) is 4.79 Å². The molecule has 0 aromatic carbocycles. The number of aliphatic hydroxyl groups excluding tert-OH is 2. The Morgan fingerprint density at radius 1 is 0.845 bits per heavy atom. The Balaban J connectivity index is 1.39. The summed E-state index contributed by atoms with van der Waals surface area (Å²) < 4.78 is 36.8. The summed E-state index contributed by atoms with van der Waals surface area (Å²) in [7, 11) is 0. The number of hydrogen-bond acceptors (Lipinski definition) is 15. The van der Waals surface area contributed by atoms with Crippen molar-refractivity contribution in [2.24, 2.45) is 62.8 Å². The molecule has 4 saturated carbocycles. The van der Waals surface area contributed by atoms with E-state index in [9.17, 15) is 39.3 Å². The van der Waals surface area contributed by atoms with Gasteiger partial charge in [-0.1, -0.05) is 38.7 Å². The molecule has 6 fully saturated rings. The molecule has 2 heterocycles. The van der Waals surface area contributed by atoms with Crippen LogP contribution in [0.1, 0.15) is 93.9 Å². The lowest BCUT2D eigenvalue weighted by atomic mass is 9.40. The standard InChI is InChI=1S/C41H57N3O14/c1-17-15-23-40(7,41(8,52)37(51)57-23)29-26(17)39(6)27(31(29)50)25-28(34(53-18(2)45)36(39)55-20(4)47)38(5)21(16-22-33(56-22)35(38)54-19(3)46)32(30(25)49)58-24(48)13-11-9-10-12-14-43-44-42/h15,17,21-22,25-36,49-50,52H,9-14,16H2,1-8H3/t17-,21-,22+,25+,26+,27-,28-,29+,30-,31-,32+,33+,34+,35+,36+,38+,39-,40+,41-/m1/s1. The molecule has 5 aliphatic carbocycles. The number of ether oxygens (including phenoxy) is 6. The summed E-state index contributed by atoms with van der Waals surface area (Å²) in [4.78, 5) is 69.2. The lowest BCUT2D eigenvalue weighted by Gasteiger charge is -2.67. The van der Waals surface area contributed by atoms with E-state index in [2.05, 4.69) is 10.0 Å². The molecular weight excluding hydrogens is 758 g/mol. The predicted molar refractivity (Wildman–Crippen MR) is 198 cm³/mol. The minimum atomic E-state index is -2.09. The van der Waals surface area contributed by atoms with Gasteiger partial charge in [0.05, 0.1) is 23.7 Å². The van der Waals surface area contributed by atoms with Gasteiger partial charge in [0.25, 0.3) is 0 Å². The number of esters is 5. The highest BCUT2D eigenvalue weighted by Crippen LogP contribution is 2.76. The fourth-order valence-electron chi connectivity index (χ4n) is 13.4. The van der Waals surface area contributed by atoms with Crippen molar-refractivity contribution in [1.29, 1.82) is 0 Å². The van der Waals surface area contributed by atoms with Crippen molar-refractivity contribution in [1.82, 2.24) is 0 Å². The van der Waals surface area contributed by atoms with E-state index < -0.39 is 136 Å². The number of carbonyl (C=O) groups excluding carboxylic acids is 5. The maximum Gasteiger partial charge on any atom is 0.343 e. The number of aliphatic hydroxyl groups is 3. The fraction of sp³-hybridized carbons (Fsp3) is 0.829. The zero-order chi connectivity index (χ0) is 42.4. The number of nitrogens with zero attached hydrogens (tertiary/aromatic N) is 3. The van der Waals surface area contributed by atoms with Gasteiger partial charge in [0, 0.05) is 79.1 Å². The van der Waals surface area contributed by atoms with Crippen molar-refractivity contribution in [2.75, 3.05) is 6.54 Å². The SMILES string of the molecule is CC(=O)O[C@H]1[C@H]2[C@@H]([C@@H](O)[C@@H](OC(=O)CCCCCCN=[N+]=[N-])[C@H]3C[C@@H]4O[C@@H]4[C@H](OC(C)=O)[C@]23C)[C@@H]2[C@@H](O)[C@@H]3[C@H]([C@H](C)C=C4OC(=O)[C@@](C)(O)[C@@]43C)[C@@]2(C)[C@H]1OC(C)=O. The molecular formula is C41H57N3O14. The average Bonchev–Trinajstić information content (AvgIpc) is 3.82. The number of fused-ring (bicyclic) bond motifs is 10. The van der Waals surface area contributed by atoms with Gasteiger partial charge >= 0.3 is 29.8 Å². The van der Waals surface area contributed by atoms with Crippen LogP contribution in [-0.4, -0.2) is 106 Å². The first kappa shape index (κ1) is 42.4. The maximum absolute atomic E-state index is 13.8. The topological polar surface area (TPSA) is 253 Å². The lowest BCUT2D eigenvalue weighted by molar-refractivity contribution is -0.301. The average molecular weight is 816 g/mol. The van der Waals surface area contributed by atoms with Crippen molar-refractivity contribution >= 4 is 29.8 Å². The van der Waals surface area contributed by atoms with Crippen LogP contribution < -0.4 is 0 Å².